The van der Waals surface area contributed by atoms with Crippen molar-refractivity contribution in [3.8, 4) is 5.75 Å². The number of phenols is 1. The maximum Gasteiger partial charge on any atom is 0.177 e. The number of phenolic OH excluding ortho intramolecular Hbond substituents is 1. The molecule has 0 saturated heterocycles. The molecule has 0 heterocycles. The smallest absolute Gasteiger partial charge is 0.177 e. The number of alkyl halides is 1. The van der Waals surface area contributed by atoms with Crippen LogP contribution in [0.5, 0.6) is 5.75 Å². The zero-order chi connectivity index (χ0) is 10.7. The zero-order valence-corrected chi connectivity index (χ0v) is 9.11. The van der Waals surface area contributed by atoms with E-state index in [0.29, 0.717) is 11.8 Å². The van der Waals surface area contributed by atoms with E-state index in [2.05, 4.69) is 15.9 Å². The van der Waals surface area contributed by atoms with Crippen LogP contribution in [0.2, 0.25) is 0 Å². The van der Waals surface area contributed by atoms with E-state index in [1.165, 1.54) is 18.2 Å². The van der Waals surface area contributed by atoms with Crippen molar-refractivity contribution in [2.24, 2.45) is 0 Å². The van der Waals surface area contributed by atoms with E-state index in [0.717, 1.165) is 0 Å². The number of hydrogen-bond donors (Lipinski definition) is 1. The first kappa shape index (κ1) is 10.9. The lowest BCUT2D eigenvalue weighted by atomic mass is 10.0. The van der Waals surface area contributed by atoms with E-state index >= 15 is 0 Å². The Kier molecular flexibility index (Phi) is 3.41. The number of carbonyl (C=O) groups excluding carboxylic acids is 2. The lowest BCUT2D eigenvalue weighted by Crippen LogP contribution is -2.12. The molecule has 0 amide bonds. The first-order valence-electron chi connectivity index (χ1n) is 4.02. The average molecular weight is 257 g/mol. The molecule has 0 fully saturated rings. The Morgan fingerprint density at radius 1 is 1.57 bits per heavy atom. The van der Waals surface area contributed by atoms with Crippen molar-refractivity contribution in [3.05, 3.63) is 29.3 Å². The predicted molar refractivity (Wildman–Crippen MR) is 56.2 cm³/mol. The number of hydrogen-bond acceptors (Lipinski definition) is 3. The van der Waals surface area contributed by atoms with Gasteiger partial charge in [-0.1, -0.05) is 15.9 Å². The van der Waals surface area contributed by atoms with Gasteiger partial charge in [0.15, 0.2) is 12.1 Å². The molecule has 1 N–H and O–H groups in total. The highest BCUT2D eigenvalue weighted by molar-refractivity contribution is 9.10. The fourth-order valence-electron chi connectivity index (χ4n) is 1.07. The summed E-state index contributed by atoms with van der Waals surface area (Å²) in [4.78, 5) is 21.8. The average Bonchev–Trinajstić information content (AvgIpc) is 2.16. The molecule has 14 heavy (non-hydrogen) atoms. The second kappa shape index (κ2) is 4.37. The highest BCUT2D eigenvalue weighted by Crippen LogP contribution is 2.18. The van der Waals surface area contributed by atoms with Crippen LogP contribution >= 0.6 is 15.9 Å². The molecule has 0 radical (unpaired) electrons. The van der Waals surface area contributed by atoms with Gasteiger partial charge in [0.1, 0.15) is 5.75 Å². The van der Waals surface area contributed by atoms with Gasteiger partial charge in [-0.15, -0.1) is 0 Å². The summed E-state index contributed by atoms with van der Waals surface area (Å²) in [5.41, 5.74) is 0.531. The van der Waals surface area contributed by atoms with Crippen LogP contribution in [0, 0.1) is 0 Å². The summed E-state index contributed by atoms with van der Waals surface area (Å²) in [6.07, 6.45) is 0.599. The van der Waals surface area contributed by atoms with E-state index in [-0.39, 0.29) is 21.9 Å². The van der Waals surface area contributed by atoms with Crippen LogP contribution in [0.25, 0.3) is 0 Å². The molecule has 1 unspecified atom stereocenters. The van der Waals surface area contributed by atoms with Gasteiger partial charge in [0.2, 0.25) is 0 Å². The van der Waals surface area contributed by atoms with Crippen molar-refractivity contribution in [3.63, 3.8) is 0 Å². The zero-order valence-electron chi connectivity index (χ0n) is 7.53. The number of ketones is 1. The summed E-state index contributed by atoms with van der Waals surface area (Å²) in [6.45, 7) is 1.67. The molecule has 4 heteroatoms. The van der Waals surface area contributed by atoms with Gasteiger partial charge < -0.3 is 5.11 Å². The van der Waals surface area contributed by atoms with E-state index < -0.39 is 0 Å². The first-order chi connectivity index (χ1) is 6.56. The first-order valence-corrected chi connectivity index (χ1v) is 4.94. The summed E-state index contributed by atoms with van der Waals surface area (Å²) in [5.74, 6) is -0.241. The number of benzene rings is 1. The summed E-state index contributed by atoms with van der Waals surface area (Å²) in [7, 11) is 0. The molecule has 1 aromatic rings. The lowest BCUT2D eigenvalue weighted by Gasteiger charge is -2.05. The Morgan fingerprint density at radius 3 is 2.71 bits per heavy atom. The molecule has 1 atom stereocenters. The second-order valence-corrected chi connectivity index (χ2v) is 4.24. The Labute approximate surface area is 89.9 Å². The van der Waals surface area contributed by atoms with Crippen LogP contribution in [-0.4, -0.2) is 22.0 Å². The number of rotatable bonds is 3. The summed E-state index contributed by atoms with van der Waals surface area (Å²) in [6, 6.07) is 4.09. The van der Waals surface area contributed by atoms with E-state index in [4.69, 9.17) is 0 Å². The maximum atomic E-state index is 11.6. The Balaban J connectivity index is 3.23. The topological polar surface area (TPSA) is 54.4 Å². The fraction of sp³-hybridized carbons (Fsp3) is 0.200. The predicted octanol–water partition coefficient (Wildman–Crippen LogP) is 2.17. The van der Waals surface area contributed by atoms with Gasteiger partial charge in [-0.3, -0.25) is 9.59 Å². The molecule has 0 aliphatic rings. The number of aldehydes is 1. The quantitative estimate of drug-likeness (QED) is 0.513. The second-order valence-electron chi connectivity index (χ2n) is 2.87. The van der Waals surface area contributed by atoms with Crippen molar-refractivity contribution in [1.82, 2.24) is 0 Å². The molecule has 1 rings (SSSR count). The maximum absolute atomic E-state index is 11.6. The molecule has 0 aliphatic carbocycles. The van der Waals surface area contributed by atoms with Gasteiger partial charge in [-0.25, -0.2) is 0 Å². The standard InChI is InChI=1S/C10H9BrO3/c1-6(11)10(14)9-4-8(13)3-2-7(9)5-12/h2-6,13H,1H3. The Hall–Kier alpha value is -1.16. The SMILES string of the molecule is CC(Br)C(=O)c1cc(O)ccc1C=O. The van der Waals surface area contributed by atoms with Crippen LogP contribution in [0.3, 0.4) is 0 Å². The molecule has 3 nitrogen and oxygen atoms in total. The third kappa shape index (κ3) is 2.20. The monoisotopic (exact) mass is 256 g/mol. The summed E-state index contributed by atoms with van der Waals surface area (Å²) in [5, 5.41) is 9.18. The van der Waals surface area contributed by atoms with E-state index in [9.17, 15) is 14.7 Å². The van der Waals surface area contributed by atoms with Gasteiger partial charge in [-0.05, 0) is 25.1 Å². The minimum atomic E-state index is -0.372. The molecule has 0 aromatic heterocycles. The van der Waals surface area contributed by atoms with Gasteiger partial charge in [0.25, 0.3) is 0 Å². The minimum absolute atomic E-state index is 0.0212. The van der Waals surface area contributed by atoms with Crippen molar-refractivity contribution >= 4 is 28.0 Å². The number of aromatic hydroxyl groups is 1. The van der Waals surface area contributed by atoms with E-state index in [1.807, 2.05) is 0 Å². The molecule has 0 saturated carbocycles. The molecule has 0 aliphatic heterocycles. The van der Waals surface area contributed by atoms with Crippen LogP contribution < -0.4 is 0 Å². The summed E-state index contributed by atoms with van der Waals surface area (Å²) >= 11 is 3.12. The molecule has 74 valence electrons. The largest absolute Gasteiger partial charge is 0.508 e. The highest BCUT2D eigenvalue weighted by atomic mass is 79.9. The Bertz CT molecular complexity index is 372. The van der Waals surface area contributed by atoms with E-state index in [1.54, 1.807) is 6.92 Å². The highest BCUT2D eigenvalue weighted by Gasteiger charge is 2.16. The van der Waals surface area contributed by atoms with Crippen molar-refractivity contribution < 1.29 is 14.7 Å². The molecule has 0 spiro atoms. The molecule has 1 aromatic carbocycles. The lowest BCUT2D eigenvalue weighted by molar-refractivity contribution is 0.0988. The number of carbonyl (C=O) groups is 2. The molecule has 0 bridgehead atoms. The van der Waals surface area contributed by atoms with Gasteiger partial charge in [-0.2, -0.15) is 0 Å². The normalized spacial score (nSPS) is 12.1. The molecular formula is C10H9BrO3. The third-order valence-corrected chi connectivity index (χ3v) is 2.21. The van der Waals surface area contributed by atoms with Gasteiger partial charge >= 0.3 is 0 Å². The van der Waals surface area contributed by atoms with Gasteiger partial charge in [0.05, 0.1) is 4.83 Å². The Morgan fingerprint density at radius 2 is 2.21 bits per heavy atom. The minimum Gasteiger partial charge on any atom is -0.508 e. The summed E-state index contributed by atoms with van der Waals surface area (Å²) < 4.78 is 0. The van der Waals surface area contributed by atoms with Crippen molar-refractivity contribution in [1.29, 1.82) is 0 Å². The van der Waals surface area contributed by atoms with Crippen LogP contribution in [0.4, 0.5) is 0 Å². The molecular weight excluding hydrogens is 248 g/mol. The van der Waals surface area contributed by atoms with Gasteiger partial charge in [0, 0.05) is 11.1 Å². The van der Waals surface area contributed by atoms with Crippen molar-refractivity contribution in [2.75, 3.05) is 0 Å². The van der Waals surface area contributed by atoms with Crippen LogP contribution in [-0.2, 0) is 0 Å². The number of halogens is 1. The number of Topliss-reactive ketones (excluding diaryl/α,β-unsaturated/α-hetero) is 1. The fourth-order valence-corrected chi connectivity index (χ4v) is 1.32. The van der Waals surface area contributed by atoms with Crippen molar-refractivity contribution in [2.45, 2.75) is 11.8 Å². The third-order valence-electron chi connectivity index (χ3n) is 1.79. The van der Waals surface area contributed by atoms with Crippen LogP contribution in [0.15, 0.2) is 18.2 Å². The van der Waals surface area contributed by atoms with Crippen LogP contribution in [0.1, 0.15) is 27.6 Å².